The van der Waals surface area contributed by atoms with E-state index in [1.807, 2.05) is 31.3 Å². The van der Waals surface area contributed by atoms with E-state index in [2.05, 4.69) is 27.6 Å². The molecule has 0 atom stereocenters. The molecule has 2 amide bonds. The highest BCUT2D eigenvalue weighted by Gasteiger charge is 2.28. The number of rotatable bonds is 4. The smallest absolute Gasteiger partial charge is 0.319 e. The Labute approximate surface area is 136 Å². The standard InChI is InChI=1S/C17H23N5O/c1-17(9-3-4-10-17)11-18-16(23)20-14-7-5-13(6-8-14)15-19-12-22(2)21-15/h5-8,12H,3-4,9-11H2,1-2H3,(H2,18,20,23). The van der Waals surface area contributed by atoms with E-state index < -0.39 is 0 Å². The van der Waals surface area contributed by atoms with Gasteiger partial charge in [0.25, 0.3) is 0 Å². The molecule has 0 saturated heterocycles. The molecule has 2 N–H and O–H groups in total. The summed E-state index contributed by atoms with van der Waals surface area (Å²) >= 11 is 0. The van der Waals surface area contributed by atoms with Crippen molar-refractivity contribution in [3.8, 4) is 11.4 Å². The van der Waals surface area contributed by atoms with Gasteiger partial charge in [-0.15, -0.1) is 0 Å². The molecule has 0 radical (unpaired) electrons. The number of anilines is 1. The van der Waals surface area contributed by atoms with Crippen molar-refractivity contribution < 1.29 is 4.79 Å². The van der Waals surface area contributed by atoms with Crippen molar-refractivity contribution in [2.45, 2.75) is 32.6 Å². The SMILES string of the molecule is Cn1cnc(-c2ccc(NC(=O)NCC3(C)CCCC3)cc2)n1. The Bertz CT molecular complexity index is 671. The summed E-state index contributed by atoms with van der Waals surface area (Å²) in [6.07, 6.45) is 6.59. The number of amides is 2. The van der Waals surface area contributed by atoms with Crippen molar-refractivity contribution in [2.75, 3.05) is 11.9 Å². The second-order valence-corrected chi connectivity index (χ2v) is 6.64. The van der Waals surface area contributed by atoms with Gasteiger partial charge in [0.15, 0.2) is 5.82 Å². The van der Waals surface area contributed by atoms with E-state index in [0.717, 1.165) is 17.8 Å². The topological polar surface area (TPSA) is 71.8 Å². The van der Waals surface area contributed by atoms with Gasteiger partial charge < -0.3 is 10.6 Å². The number of aryl methyl sites for hydroxylation is 1. The average Bonchev–Trinajstić information content (AvgIpc) is 3.16. The molecule has 1 aliphatic rings. The van der Waals surface area contributed by atoms with Gasteiger partial charge in [-0.25, -0.2) is 9.78 Å². The van der Waals surface area contributed by atoms with Gasteiger partial charge in [-0.05, 0) is 42.5 Å². The summed E-state index contributed by atoms with van der Waals surface area (Å²) in [6, 6.07) is 7.39. The lowest BCUT2D eigenvalue weighted by Gasteiger charge is -2.23. The monoisotopic (exact) mass is 313 g/mol. The van der Waals surface area contributed by atoms with Crippen LogP contribution in [0.25, 0.3) is 11.4 Å². The van der Waals surface area contributed by atoms with E-state index in [1.54, 1.807) is 11.0 Å². The highest BCUT2D eigenvalue weighted by molar-refractivity contribution is 5.89. The van der Waals surface area contributed by atoms with Gasteiger partial charge >= 0.3 is 6.03 Å². The molecule has 2 aromatic rings. The molecule has 122 valence electrons. The molecule has 6 heteroatoms. The molecule has 0 aliphatic heterocycles. The van der Waals surface area contributed by atoms with E-state index in [-0.39, 0.29) is 11.4 Å². The van der Waals surface area contributed by atoms with Crippen LogP contribution in [0.4, 0.5) is 10.5 Å². The Morgan fingerprint density at radius 2 is 1.96 bits per heavy atom. The van der Waals surface area contributed by atoms with E-state index in [0.29, 0.717) is 5.82 Å². The molecule has 1 saturated carbocycles. The molecule has 1 heterocycles. The van der Waals surface area contributed by atoms with Crippen LogP contribution in [0.3, 0.4) is 0 Å². The molecular formula is C17H23N5O. The van der Waals surface area contributed by atoms with Gasteiger partial charge in [-0.2, -0.15) is 5.10 Å². The quantitative estimate of drug-likeness (QED) is 0.910. The molecule has 3 rings (SSSR count). The first kappa shape index (κ1) is 15.5. The lowest BCUT2D eigenvalue weighted by atomic mass is 9.89. The summed E-state index contributed by atoms with van der Waals surface area (Å²) in [5.41, 5.74) is 1.94. The number of benzene rings is 1. The third-order valence-corrected chi connectivity index (χ3v) is 4.49. The number of aromatic nitrogens is 3. The zero-order valence-corrected chi connectivity index (χ0v) is 13.7. The molecular weight excluding hydrogens is 290 g/mol. The van der Waals surface area contributed by atoms with Crippen molar-refractivity contribution in [3.05, 3.63) is 30.6 Å². The Morgan fingerprint density at radius 1 is 1.26 bits per heavy atom. The minimum absolute atomic E-state index is 0.151. The minimum atomic E-state index is -0.151. The van der Waals surface area contributed by atoms with Crippen LogP contribution >= 0.6 is 0 Å². The number of hydrogen-bond acceptors (Lipinski definition) is 3. The number of nitrogens with one attached hydrogen (secondary N) is 2. The first-order valence-corrected chi connectivity index (χ1v) is 8.05. The number of nitrogens with zero attached hydrogens (tertiary/aromatic N) is 3. The number of urea groups is 1. The Kier molecular flexibility index (Phi) is 4.32. The predicted molar refractivity (Wildman–Crippen MR) is 90.0 cm³/mol. The van der Waals surface area contributed by atoms with Gasteiger partial charge in [-0.1, -0.05) is 19.8 Å². The van der Waals surface area contributed by atoms with Crippen LogP contribution in [-0.2, 0) is 7.05 Å². The maximum Gasteiger partial charge on any atom is 0.319 e. The van der Waals surface area contributed by atoms with Gasteiger partial charge in [0.2, 0.25) is 0 Å². The summed E-state index contributed by atoms with van der Waals surface area (Å²) in [5, 5.41) is 10.1. The summed E-state index contributed by atoms with van der Waals surface area (Å²) in [7, 11) is 1.83. The van der Waals surface area contributed by atoms with Gasteiger partial charge in [0.05, 0.1) is 0 Å². The van der Waals surface area contributed by atoms with Crippen LogP contribution < -0.4 is 10.6 Å². The molecule has 0 unspecified atom stereocenters. The minimum Gasteiger partial charge on any atom is -0.337 e. The van der Waals surface area contributed by atoms with Crippen molar-refractivity contribution in [3.63, 3.8) is 0 Å². The van der Waals surface area contributed by atoms with Crippen LogP contribution in [0.1, 0.15) is 32.6 Å². The maximum absolute atomic E-state index is 12.0. The Balaban J connectivity index is 1.54. The number of carbonyl (C=O) groups excluding carboxylic acids is 1. The lowest BCUT2D eigenvalue weighted by molar-refractivity contribution is 0.242. The molecule has 23 heavy (non-hydrogen) atoms. The lowest BCUT2D eigenvalue weighted by Crippen LogP contribution is -2.36. The van der Waals surface area contributed by atoms with Gasteiger partial charge in [0.1, 0.15) is 6.33 Å². The van der Waals surface area contributed by atoms with Crippen molar-refractivity contribution in [2.24, 2.45) is 12.5 Å². The van der Waals surface area contributed by atoms with Crippen LogP contribution in [0, 0.1) is 5.41 Å². The molecule has 1 aliphatic carbocycles. The zero-order chi connectivity index (χ0) is 16.3. The fraction of sp³-hybridized carbons (Fsp3) is 0.471. The maximum atomic E-state index is 12.0. The second kappa shape index (κ2) is 6.40. The van der Waals surface area contributed by atoms with Crippen LogP contribution in [0.2, 0.25) is 0 Å². The summed E-state index contributed by atoms with van der Waals surface area (Å²) in [5.74, 6) is 0.678. The number of hydrogen-bond donors (Lipinski definition) is 2. The molecule has 0 bridgehead atoms. The second-order valence-electron chi connectivity index (χ2n) is 6.64. The zero-order valence-electron chi connectivity index (χ0n) is 13.7. The van der Waals surface area contributed by atoms with E-state index in [4.69, 9.17) is 0 Å². The molecule has 6 nitrogen and oxygen atoms in total. The number of carbonyl (C=O) groups is 1. The average molecular weight is 313 g/mol. The first-order valence-electron chi connectivity index (χ1n) is 8.05. The molecule has 0 spiro atoms. The molecule has 1 fully saturated rings. The third-order valence-electron chi connectivity index (χ3n) is 4.49. The van der Waals surface area contributed by atoms with Crippen LogP contribution in [0.5, 0.6) is 0 Å². The first-order chi connectivity index (χ1) is 11.0. The molecule has 1 aromatic heterocycles. The largest absolute Gasteiger partial charge is 0.337 e. The molecule has 1 aromatic carbocycles. The van der Waals surface area contributed by atoms with Crippen molar-refractivity contribution in [1.82, 2.24) is 20.1 Å². The van der Waals surface area contributed by atoms with E-state index in [9.17, 15) is 4.79 Å². The van der Waals surface area contributed by atoms with E-state index >= 15 is 0 Å². The van der Waals surface area contributed by atoms with Gasteiger partial charge in [0, 0.05) is 24.8 Å². The predicted octanol–water partition coefficient (Wildman–Crippen LogP) is 3.18. The summed E-state index contributed by atoms with van der Waals surface area (Å²) < 4.78 is 1.67. The normalized spacial score (nSPS) is 16.3. The van der Waals surface area contributed by atoms with E-state index in [1.165, 1.54) is 25.7 Å². The Morgan fingerprint density at radius 3 is 2.57 bits per heavy atom. The Hall–Kier alpha value is -2.37. The fourth-order valence-corrected chi connectivity index (χ4v) is 3.05. The van der Waals surface area contributed by atoms with Crippen LogP contribution in [0.15, 0.2) is 30.6 Å². The third kappa shape index (κ3) is 3.88. The van der Waals surface area contributed by atoms with Crippen molar-refractivity contribution in [1.29, 1.82) is 0 Å². The summed E-state index contributed by atoms with van der Waals surface area (Å²) in [4.78, 5) is 16.2. The van der Waals surface area contributed by atoms with Crippen LogP contribution in [-0.4, -0.2) is 27.3 Å². The fourth-order valence-electron chi connectivity index (χ4n) is 3.05. The summed E-state index contributed by atoms with van der Waals surface area (Å²) in [6.45, 7) is 2.98. The van der Waals surface area contributed by atoms with Gasteiger partial charge in [-0.3, -0.25) is 4.68 Å². The highest BCUT2D eigenvalue weighted by Crippen LogP contribution is 2.36. The van der Waals surface area contributed by atoms with Crippen molar-refractivity contribution >= 4 is 11.7 Å². The highest BCUT2D eigenvalue weighted by atomic mass is 16.2.